The number of hydrogen-bond donors (Lipinski definition) is 2. The Kier molecular flexibility index (Phi) is 2.52. The first kappa shape index (κ1) is 9.24. The van der Waals surface area contributed by atoms with E-state index in [0.717, 1.165) is 18.1 Å². The van der Waals surface area contributed by atoms with Crippen molar-refractivity contribution in [2.75, 3.05) is 17.7 Å². The molecule has 0 saturated heterocycles. The van der Waals surface area contributed by atoms with Gasteiger partial charge in [0.05, 0.1) is 0 Å². The van der Waals surface area contributed by atoms with Crippen molar-refractivity contribution >= 4 is 11.6 Å². The number of rotatable bonds is 4. The Labute approximate surface area is 84.2 Å². The normalized spacial score (nSPS) is 15.3. The van der Waals surface area contributed by atoms with E-state index in [4.69, 9.17) is 0 Å². The Bertz CT molecular complexity index is 320. The van der Waals surface area contributed by atoms with Crippen molar-refractivity contribution < 1.29 is 0 Å². The third-order valence-electron chi connectivity index (χ3n) is 2.45. The molecule has 1 aromatic heterocycles. The van der Waals surface area contributed by atoms with Crippen molar-refractivity contribution in [1.82, 2.24) is 9.97 Å². The third kappa shape index (κ3) is 1.78. The highest BCUT2D eigenvalue weighted by Gasteiger charge is 2.22. The van der Waals surface area contributed by atoms with E-state index in [2.05, 4.69) is 27.5 Å². The van der Waals surface area contributed by atoms with Crippen LogP contribution in [-0.2, 0) is 6.42 Å². The van der Waals surface area contributed by atoms with Gasteiger partial charge in [-0.2, -0.15) is 0 Å². The lowest BCUT2D eigenvalue weighted by Crippen LogP contribution is -2.09. The minimum atomic E-state index is 0.639. The monoisotopic (exact) mass is 192 g/mol. The molecular weight excluding hydrogens is 176 g/mol. The van der Waals surface area contributed by atoms with Crippen LogP contribution in [0.4, 0.5) is 11.6 Å². The Hall–Kier alpha value is -1.32. The molecule has 2 N–H and O–H groups in total. The molecular formula is C10H16N4. The van der Waals surface area contributed by atoms with Gasteiger partial charge in [0, 0.05) is 18.7 Å². The molecule has 0 atom stereocenters. The number of anilines is 2. The molecule has 76 valence electrons. The molecule has 1 fully saturated rings. The summed E-state index contributed by atoms with van der Waals surface area (Å²) in [5.41, 5.74) is 1.18. The maximum Gasteiger partial charge on any atom is 0.134 e. The molecule has 0 aromatic carbocycles. The van der Waals surface area contributed by atoms with Crippen LogP contribution in [0.3, 0.4) is 0 Å². The summed E-state index contributed by atoms with van der Waals surface area (Å²) in [6.45, 7) is 2.12. The second-order valence-electron chi connectivity index (χ2n) is 3.57. The van der Waals surface area contributed by atoms with E-state index in [-0.39, 0.29) is 0 Å². The van der Waals surface area contributed by atoms with Crippen LogP contribution in [0.2, 0.25) is 0 Å². The van der Waals surface area contributed by atoms with Crippen LogP contribution in [0.5, 0.6) is 0 Å². The van der Waals surface area contributed by atoms with Crippen LogP contribution < -0.4 is 10.6 Å². The Morgan fingerprint density at radius 2 is 2.07 bits per heavy atom. The average Bonchev–Trinajstić information content (AvgIpc) is 3.01. The molecule has 1 aromatic rings. The highest BCUT2D eigenvalue weighted by molar-refractivity contribution is 5.57. The van der Waals surface area contributed by atoms with Crippen LogP contribution in [-0.4, -0.2) is 23.1 Å². The predicted molar refractivity (Wildman–Crippen MR) is 57.6 cm³/mol. The number of aromatic nitrogens is 2. The second kappa shape index (κ2) is 3.82. The lowest BCUT2D eigenvalue weighted by atomic mass is 10.2. The van der Waals surface area contributed by atoms with Crippen LogP contribution >= 0.6 is 0 Å². The number of nitrogens with zero attached hydrogens (tertiary/aromatic N) is 2. The topological polar surface area (TPSA) is 49.8 Å². The maximum atomic E-state index is 4.28. The average molecular weight is 192 g/mol. The first-order valence-corrected chi connectivity index (χ1v) is 5.13. The van der Waals surface area contributed by atoms with Gasteiger partial charge >= 0.3 is 0 Å². The van der Waals surface area contributed by atoms with E-state index in [1.165, 1.54) is 18.4 Å². The zero-order valence-corrected chi connectivity index (χ0v) is 8.67. The van der Waals surface area contributed by atoms with Gasteiger partial charge in [-0.1, -0.05) is 6.92 Å². The summed E-state index contributed by atoms with van der Waals surface area (Å²) in [4.78, 5) is 8.47. The van der Waals surface area contributed by atoms with Gasteiger partial charge in [0.1, 0.15) is 18.0 Å². The minimum Gasteiger partial charge on any atom is -0.373 e. The molecule has 0 unspecified atom stereocenters. The number of hydrogen-bond acceptors (Lipinski definition) is 4. The summed E-state index contributed by atoms with van der Waals surface area (Å²) in [5.74, 6) is 1.93. The fourth-order valence-corrected chi connectivity index (χ4v) is 1.51. The fraction of sp³-hybridized carbons (Fsp3) is 0.600. The van der Waals surface area contributed by atoms with Crippen molar-refractivity contribution in [3.8, 4) is 0 Å². The predicted octanol–water partition coefficient (Wildman–Crippen LogP) is 1.65. The molecule has 4 heteroatoms. The summed E-state index contributed by atoms with van der Waals surface area (Å²) in [6, 6.07) is 0.639. The van der Waals surface area contributed by atoms with Gasteiger partial charge in [-0.15, -0.1) is 0 Å². The third-order valence-corrected chi connectivity index (χ3v) is 2.45. The highest BCUT2D eigenvalue weighted by Crippen LogP contribution is 2.27. The maximum absolute atomic E-state index is 4.28. The lowest BCUT2D eigenvalue weighted by molar-refractivity contribution is 1.01. The van der Waals surface area contributed by atoms with Crippen LogP contribution in [0.15, 0.2) is 6.33 Å². The zero-order chi connectivity index (χ0) is 9.97. The Morgan fingerprint density at radius 1 is 1.36 bits per heavy atom. The standard InChI is InChI=1S/C10H16N4/c1-3-8-9(11-2)12-6-13-10(8)14-7-4-5-7/h6-7H,3-5H2,1-2H3,(H2,11,12,13,14). The van der Waals surface area contributed by atoms with Crippen LogP contribution in [0, 0.1) is 0 Å². The van der Waals surface area contributed by atoms with Crippen molar-refractivity contribution in [1.29, 1.82) is 0 Å². The van der Waals surface area contributed by atoms with Gasteiger partial charge in [0.15, 0.2) is 0 Å². The molecule has 0 aliphatic heterocycles. The summed E-state index contributed by atoms with van der Waals surface area (Å²) in [7, 11) is 1.89. The summed E-state index contributed by atoms with van der Waals surface area (Å²) in [6.07, 6.45) is 5.09. The van der Waals surface area contributed by atoms with E-state index in [1.807, 2.05) is 7.05 Å². The van der Waals surface area contributed by atoms with Gasteiger partial charge in [-0.25, -0.2) is 9.97 Å². The largest absolute Gasteiger partial charge is 0.373 e. The van der Waals surface area contributed by atoms with Gasteiger partial charge in [0.2, 0.25) is 0 Å². The smallest absolute Gasteiger partial charge is 0.134 e. The quantitative estimate of drug-likeness (QED) is 0.761. The highest BCUT2D eigenvalue weighted by atomic mass is 15.1. The molecule has 1 saturated carbocycles. The molecule has 4 nitrogen and oxygen atoms in total. The lowest BCUT2D eigenvalue weighted by Gasteiger charge is -2.11. The molecule has 1 aliphatic carbocycles. The van der Waals surface area contributed by atoms with Gasteiger partial charge in [0.25, 0.3) is 0 Å². The SMILES string of the molecule is CCc1c(NC)ncnc1NC1CC1. The Balaban J connectivity index is 2.26. The van der Waals surface area contributed by atoms with Gasteiger partial charge < -0.3 is 10.6 Å². The zero-order valence-electron chi connectivity index (χ0n) is 8.67. The molecule has 0 bridgehead atoms. The summed E-state index contributed by atoms with van der Waals surface area (Å²) < 4.78 is 0. The van der Waals surface area contributed by atoms with Gasteiger partial charge in [-0.3, -0.25) is 0 Å². The van der Waals surface area contributed by atoms with E-state index < -0.39 is 0 Å². The molecule has 0 radical (unpaired) electrons. The molecule has 1 aliphatic rings. The van der Waals surface area contributed by atoms with Crippen LogP contribution in [0.1, 0.15) is 25.3 Å². The van der Waals surface area contributed by atoms with E-state index in [1.54, 1.807) is 6.33 Å². The number of nitrogens with one attached hydrogen (secondary N) is 2. The minimum absolute atomic E-state index is 0.639. The fourth-order valence-electron chi connectivity index (χ4n) is 1.51. The first-order chi connectivity index (χ1) is 6.85. The van der Waals surface area contributed by atoms with E-state index in [9.17, 15) is 0 Å². The summed E-state index contributed by atoms with van der Waals surface area (Å²) in [5, 5.41) is 6.51. The van der Waals surface area contributed by atoms with Crippen LogP contribution in [0.25, 0.3) is 0 Å². The molecule has 1 heterocycles. The summed E-state index contributed by atoms with van der Waals surface area (Å²) >= 11 is 0. The van der Waals surface area contributed by atoms with Crippen molar-refractivity contribution in [3.05, 3.63) is 11.9 Å². The molecule has 0 spiro atoms. The molecule has 0 amide bonds. The molecule has 2 rings (SSSR count). The first-order valence-electron chi connectivity index (χ1n) is 5.13. The van der Waals surface area contributed by atoms with Crippen molar-refractivity contribution in [2.45, 2.75) is 32.2 Å². The Morgan fingerprint density at radius 3 is 2.64 bits per heavy atom. The van der Waals surface area contributed by atoms with E-state index in [0.29, 0.717) is 6.04 Å². The van der Waals surface area contributed by atoms with Crippen molar-refractivity contribution in [2.24, 2.45) is 0 Å². The molecule has 14 heavy (non-hydrogen) atoms. The van der Waals surface area contributed by atoms with Gasteiger partial charge in [-0.05, 0) is 19.3 Å². The van der Waals surface area contributed by atoms with Crippen molar-refractivity contribution in [3.63, 3.8) is 0 Å². The van der Waals surface area contributed by atoms with E-state index >= 15 is 0 Å². The second-order valence-corrected chi connectivity index (χ2v) is 3.57.